The van der Waals surface area contributed by atoms with Crippen LogP contribution in [-0.4, -0.2) is 43.7 Å². The third-order valence-electron chi connectivity index (χ3n) is 0. The van der Waals surface area contributed by atoms with Crippen molar-refractivity contribution in [3.8, 4) is 0 Å². The second-order valence-electron chi connectivity index (χ2n) is 0. The van der Waals surface area contributed by atoms with Gasteiger partial charge in [-0.3, -0.25) is 0 Å². The van der Waals surface area contributed by atoms with Crippen LogP contribution in [0.1, 0.15) is 0 Å². The first kappa shape index (κ1) is 63.8. The number of hydrogen-bond donors (Lipinski definition) is 0. The molecule has 0 aromatic carbocycles. The van der Waals surface area contributed by atoms with Crippen molar-refractivity contribution >= 4 is 27.3 Å². The predicted molar refractivity (Wildman–Crippen MR) is 19.4 cm³/mol. The first-order valence-electron chi connectivity index (χ1n) is 0. The molecule has 0 fully saturated rings. The predicted octanol–water partition coefficient (Wildman–Crippen LogP) is -3.40. The summed E-state index contributed by atoms with van der Waals surface area (Å²) in [6, 6.07) is 0. The summed E-state index contributed by atoms with van der Waals surface area (Å²) in [6.07, 6.45) is 0. The van der Waals surface area contributed by atoms with E-state index < -0.39 is 0 Å². The SMILES string of the molecule is O.O.O.[PbH2].[Y].[Y]. The molecular weight excluding hydrogens is 433 g/mol. The molecule has 0 atom stereocenters. The topological polar surface area (TPSA) is 94.5 Å². The van der Waals surface area contributed by atoms with Crippen molar-refractivity contribution in [3.63, 3.8) is 0 Å². The molecule has 36 valence electrons. The number of hydrogen-bond acceptors (Lipinski definition) is 0. The van der Waals surface area contributed by atoms with Crippen LogP contribution in [0, 0.1) is 0 Å². The van der Waals surface area contributed by atoms with E-state index in [0.717, 1.165) is 0 Å². The smallest absolute Gasteiger partial charge is 0 e. The third kappa shape index (κ3) is 27.9. The van der Waals surface area contributed by atoms with Crippen molar-refractivity contribution in [1.82, 2.24) is 0 Å². The Morgan fingerprint density at radius 1 is 0.500 bits per heavy atom. The minimum atomic E-state index is 0. The molecule has 0 saturated carbocycles. The van der Waals surface area contributed by atoms with Gasteiger partial charge >= 0.3 is 27.3 Å². The number of rotatable bonds is 0. The molecule has 0 amide bonds. The van der Waals surface area contributed by atoms with E-state index >= 15 is 0 Å². The van der Waals surface area contributed by atoms with E-state index in [1.54, 1.807) is 0 Å². The quantitative estimate of drug-likeness (QED) is 0.351. The molecule has 6 heteroatoms. The van der Waals surface area contributed by atoms with Crippen molar-refractivity contribution < 1.29 is 81.8 Å². The van der Waals surface area contributed by atoms with E-state index in [4.69, 9.17) is 0 Å². The summed E-state index contributed by atoms with van der Waals surface area (Å²) in [7, 11) is 0. The van der Waals surface area contributed by atoms with Gasteiger partial charge in [0.05, 0.1) is 0 Å². The molecule has 0 bridgehead atoms. The van der Waals surface area contributed by atoms with E-state index in [-0.39, 0.29) is 109 Å². The van der Waals surface area contributed by atoms with Crippen molar-refractivity contribution in [2.24, 2.45) is 0 Å². The van der Waals surface area contributed by atoms with Gasteiger partial charge in [0.15, 0.2) is 0 Å². The molecule has 0 aliphatic heterocycles. The van der Waals surface area contributed by atoms with Crippen molar-refractivity contribution in [1.29, 1.82) is 0 Å². The van der Waals surface area contributed by atoms with Crippen LogP contribution in [0.3, 0.4) is 0 Å². The summed E-state index contributed by atoms with van der Waals surface area (Å²) in [4.78, 5) is 0. The maximum Gasteiger partial charge on any atom is 0 e. The van der Waals surface area contributed by atoms with Crippen molar-refractivity contribution in [2.75, 3.05) is 0 Å². The molecule has 6 N–H and O–H groups in total. The molecule has 6 heavy (non-hydrogen) atoms. The van der Waals surface area contributed by atoms with Crippen LogP contribution >= 0.6 is 0 Å². The molecular formula is H8O3PbY2. The van der Waals surface area contributed by atoms with Crippen molar-refractivity contribution in [3.05, 3.63) is 0 Å². The summed E-state index contributed by atoms with van der Waals surface area (Å²) >= 11 is 0. The van der Waals surface area contributed by atoms with Gasteiger partial charge in [0.1, 0.15) is 0 Å². The average Bonchev–Trinajstić information content (AvgIpc) is 0. The fourth-order valence-electron chi connectivity index (χ4n) is 0. The maximum absolute atomic E-state index is 0. The molecule has 0 aromatic heterocycles. The summed E-state index contributed by atoms with van der Waals surface area (Å²) in [5, 5.41) is 0. The normalized spacial score (nSPS) is 0. The standard InChI is InChI=1S/3H2O.Pb.2Y.2H/h3*1H2;;;;;. The monoisotopic (exact) mass is 442 g/mol. The van der Waals surface area contributed by atoms with E-state index in [2.05, 4.69) is 0 Å². The molecule has 4 radical (unpaired) electrons. The molecule has 0 unspecified atom stereocenters. The van der Waals surface area contributed by atoms with Crippen LogP contribution in [0.2, 0.25) is 0 Å². The molecule has 0 saturated heterocycles. The Balaban J connectivity index is 0. The van der Waals surface area contributed by atoms with Gasteiger partial charge in [0, 0.05) is 65.4 Å². The van der Waals surface area contributed by atoms with Crippen LogP contribution < -0.4 is 0 Å². The van der Waals surface area contributed by atoms with Gasteiger partial charge in [-0.25, -0.2) is 0 Å². The Bertz CT molecular complexity index is 8.75. The van der Waals surface area contributed by atoms with Crippen LogP contribution in [-0.2, 0) is 65.4 Å². The molecule has 0 spiro atoms. The Labute approximate surface area is 107 Å². The van der Waals surface area contributed by atoms with Gasteiger partial charge in [0.25, 0.3) is 0 Å². The minimum Gasteiger partial charge on any atom is 0 e. The fraction of sp³-hybridized carbons (Fsp3) is 0. The zero-order valence-electron chi connectivity index (χ0n) is 3.36. The van der Waals surface area contributed by atoms with Gasteiger partial charge in [0.2, 0.25) is 0 Å². The Hall–Kier alpha value is 3.01. The summed E-state index contributed by atoms with van der Waals surface area (Å²) in [6.45, 7) is 0. The van der Waals surface area contributed by atoms with E-state index in [9.17, 15) is 0 Å². The largest absolute Gasteiger partial charge is 0 e. The zero-order valence-corrected chi connectivity index (χ0v) is 14.5. The molecule has 3 nitrogen and oxygen atoms in total. The second-order valence-corrected chi connectivity index (χ2v) is 0. The second kappa shape index (κ2) is 43.4. The van der Waals surface area contributed by atoms with Gasteiger partial charge in [-0.05, 0) is 0 Å². The maximum atomic E-state index is 0. The van der Waals surface area contributed by atoms with Gasteiger partial charge in [-0.2, -0.15) is 0 Å². The summed E-state index contributed by atoms with van der Waals surface area (Å²) in [5.41, 5.74) is 0. The molecule has 0 heterocycles. The van der Waals surface area contributed by atoms with Crippen LogP contribution in [0.4, 0.5) is 0 Å². The third-order valence-corrected chi connectivity index (χ3v) is 0. The van der Waals surface area contributed by atoms with Crippen LogP contribution in [0.25, 0.3) is 0 Å². The summed E-state index contributed by atoms with van der Waals surface area (Å²) in [5.74, 6) is 0. The Morgan fingerprint density at radius 3 is 0.500 bits per heavy atom. The first-order valence-corrected chi connectivity index (χ1v) is 0. The van der Waals surface area contributed by atoms with Crippen LogP contribution in [0.5, 0.6) is 0 Å². The Kier molecular flexibility index (Phi) is 462. The van der Waals surface area contributed by atoms with Gasteiger partial charge in [-0.1, -0.05) is 0 Å². The van der Waals surface area contributed by atoms with E-state index in [0.29, 0.717) is 0 Å². The minimum absolute atomic E-state index is 0. The molecule has 0 rings (SSSR count). The van der Waals surface area contributed by atoms with Crippen molar-refractivity contribution in [2.45, 2.75) is 0 Å². The average molecular weight is 441 g/mol. The van der Waals surface area contributed by atoms with E-state index in [1.165, 1.54) is 0 Å². The molecule has 0 aliphatic carbocycles. The Morgan fingerprint density at radius 2 is 0.500 bits per heavy atom. The first-order chi connectivity index (χ1) is 0. The molecule has 0 aliphatic rings. The summed E-state index contributed by atoms with van der Waals surface area (Å²) < 4.78 is 0. The zero-order chi connectivity index (χ0) is 0. The van der Waals surface area contributed by atoms with Gasteiger partial charge < -0.3 is 16.4 Å². The van der Waals surface area contributed by atoms with Gasteiger partial charge in [-0.15, -0.1) is 0 Å². The fourth-order valence-corrected chi connectivity index (χ4v) is 0. The van der Waals surface area contributed by atoms with E-state index in [1.807, 2.05) is 0 Å². The molecule has 0 aromatic rings. The van der Waals surface area contributed by atoms with Crippen LogP contribution in [0.15, 0.2) is 0 Å².